The Hall–Kier alpha value is -2.79. The molecule has 1 aromatic heterocycles. The van der Waals surface area contributed by atoms with Gasteiger partial charge < -0.3 is 4.90 Å². The quantitative estimate of drug-likeness (QED) is 0.679. The van der Waals surface area contributed by atoms with E-state index >= 15 is 0 Å². The maximum atomic E-state index is 13.9. The summed E-state index contributed by atoms with van der Waals surface area (Å²) in [5.41, 5.74) is 3.19. The van der Waals surface area contributed by atoms with Crippen LogP contribution in [0.25, 0.3) is 10.9 Å². The standard InChI is InChI=1S/C24H24FN3O/c1-16(29)28-14-20-13-27(12-19-7-2-5-17-8-4-10-26-23(17)19)15-22(20)24(28)18-6-3-9-21(25)11-18/h2-11,20,22,24H,12-15H2,1H3/t20-,22-,24+/m1/s1. The van der Waals surface area contributed by atoms with Crippen molar-refractivity contribution in [2.24, 2.45) is 11.8 Å². The van der Waals surface area contributed by atoms with Crippen LogP contribution in [0.1, 0.15) is 24.1 Å². The lowest BCUT2D eigenvalue weighted by atomic mass is 9.89. The topological polar surface area (TPSA) is 36.4 Å². The van der Waals surface area contributed by atoms with Crippen molar-refractivity contribution in [2.45, 2.75) is 19.5 Å². The number of pyridine rings is 1. The van der Waals surface area contributed by atoms with Gasteiger partial charge in [-0.05, 0) is 35.2 Å². The Morgan fingerprint density at radius 3 is 2.76 bits per heavy atom. The third-order valence-corrected chi connectivity index (χ3v) is 6.44. The summed E-state index contributed by atoms with van der Waals surface area (Å²) in [6.45, 7) is 5.05. The van der Waals surface area contributed by atoms with Crippen LogP contribution in [0.3, 0.4) is 0 Å². The van der Waals surface area contributed by atoms with Gasteiger partial charge in [0, 0.05) is 50.6 Å². The van der Waals surface area contributed by atoms with E-state index in [0.29, 0.717) is 11.8 Å². The van der Waals surface area contributed by atoms with Crippen LogP contribution in [0.2, 0.25) is 0 Å². The SMILES string of the molecule is CC(=O)N1C[C@H]2CN(Cc3cccc4cccnc34)C[C@H]2[C@@H]1c1cccc(F)c1. The first kappa shape index (κ1) is 18.3. The molecule has 29 heavy (non-hydrogen) atoms. The number of nitrogens with zero attached hydrogens (tertiary/aromatic N) is 3. The summed E-state index contributed by atoms with van der Waals surface area (Å²) in [5.74, 6) is 0.559. The molecule has 148 valence electrons. The number of fused-ring (bicyclic) bond motifs is 2. The zero-order valence-corrected chi connectivity index (χ0v) is 16.5. The Morgan fingerprint density at radius 2 is 1.93 bits per heavy atom. The second kappa shape index (κ2) is 7.23. The Bertz CT molecular complexity index is 1060. The highest BCUT2D eigenvalue weighted by atomic mass is 19.1. The Kier molecular flexibility index (Phi) is 4.55. The molecule has 3 atom stereocenters. The van der Waals surface area contributed by atoms with E-state index in [-0.39, 0.29) is 17.8 Å². The van der Waals surface area contributed by atoms with Gasteiger partial charge >= 0.3 is 0 Å². The van der Waals surface area contributed by atoms with Crippen LogP contribution in [0.4, 0.5) is 4.39 Å². The number of rotatable bonds is 3. The van der Waals surface area contributed by atoms with Gasteiger partial charge in [0.1, 0.15) is 5.82 Å². The predicted octanol–water partition coefficient (Wildman–Crippen LogP) is 4.03. The minimum atomic E-state index is -0.244. The maximum absolute atomic E-state index is 13.9. The van der Waals surface area contributed by atoms with Gasteiger partial charge in [-0.15, -0.1) is 0 Å². The monoisotopic (exact) mass is 389 g/mol. The smallest absolute Gasteiger partial charge is 0.219 e. The van der Waals surface area contributed by atoms with E-state index in [2.05, 4.69) is 34.1 Å². The van der Waals surface area contributed by atoms with Crippen LogP contribution in [0.15, 0.2) is 60.8 Å². The molecule has 2 aromatic carbocycles. The summed E-state index contributed by atoms with van der Waals surface area (Å²) in [4.78, 5) is 21.2. The number of aromatic nitrogens is 1. The first-order valence-corrected chi connectivity index (χ1v) is 10.2. The van der Waals surface area contributed by atoms with E-state index in [0.717, 1.165) is 42.6 Å². The van der Waals surface area contributed by atoms with Crippen LogP contribution in [0.5, 0.6) is 0 Å². The second-order valence-electron chi connectivity index (χ2n) is 8.28. The Labute approximate surface area is 170 Å². The largest absolute Gasteiger partial charge is 0.335 e. The normalized spacial score (nSPS) is 24.2. The maximum Gasteiger partial charge on any atom is 0.219 e. The lowest BCUT2D eigenvalue weighted by molar-refractivity contribution is -0.130. The fraction of sp³-hybridized carbons (Fsp3) is 0.333. The number of hydrogen-bond donors (Lipinski definition) is 0. The Morgan fingerprint density at radius 1 is 1.10 bits per heavy atom. The van der Waals surface area contributed by atoms with Crippen LogP contribution < -0.4 is 0 Å². The molecule has 4 nitrogen and oxygen atoms in total. The molecule has 2 saturated heterocycles. The average Bonchev–Trinajstić information content (AvgIpc) is 3.25. The zero-order valence-electron chi connectivity index (χ0n) is 16.5. The van der Waals surface area contributed by atoms with Gasteiger partial charge in [0.05, 0.1) is 11.6 Å². The van der Waals surface area contributed by atoms with Gasteiger partial charge in [0.15, 0.2) is 0 Å². The van der Waals surface area contributed by atoms with Crippen molar-refractivity contribution in [3.63, 3.8) is 0 Å². The van der Waals surface area contributed by atoms with Crippen molar-refractivity contribution in [3.8, 4) is 0 Å². The van der Waals surface area contributed by atoms with E-state index in [1.165, 1.54) is 11.6 Å². The third-order valence-electron chi connectivity index (χ3n) is 6.44. The molecular formula is C24H24FN3O. The number of halogens is 1. The van der Waals surface area contributed by atoms with Gasteiger partial charge in [0.25, 0.3) is 0 Å². The molecule has 0 aliphatic carbocycles. The highest BCUT2D eigenvalue weighted by Gasteiger charge is 2.48. The van der Waals surface area contributed by atoms with E-state index in [9.17, 15) is 9.18 Å². The molecule has 3 aromatic rings. The lowest BCUT2D eigenvalue weighted by Gasteiger charge is -2.29. The molecule has 0 unspecified atom stereocenters. The molecule has 0 saturated carbocycles. The van der Waals surface area contributed by atoms with Crippen molar-refractivity contribution in [2.75, 3.05) is 19.6 Å². The molecule has 2 aliphatic rings. The van der Waals surface area contributed by atoms with E-state index in [1.807, 2.05) is 23.2 Å². The summed E-state index contributed by atoms with van der Waals surface area (Å²) >= 11 is 0. The molecule has 2 aliphatic heterocycles. The van der Waals surface area contributed by atoms with Crippen molar-refractivity contribution >= 4 is 16.8 Å². The van der Waals surface area contributed by atoms with E-state index < -0.39 is 0 Å². The first-order chi connectivity index (χ1) is 14.1. The second-order valence-corrected chi connectivity index (χ2v) is 8.28. The fourth-order valence-electron chi connectivity index (χ4n) is 5.24. The summed E-state index contributed by atoms with van der Waals surface area (Å²) in [5, 5.41) is 1.16. The molecule has 3 heterocycles. The number of carbonyl (C=O) groups excluding carboxylic acids is 1. The highest BCUT2D eigenvalue weighted by Crippen LogP contribution is 2.45. The summed E-state index contributed by atoms with van der Waals surface area (Å²) in [6.07, 6.45) is 1.84. The predicted molar refractivity (Wildman–Crippen MR) is 111 cm³/mol. The van der Waals surface area contributed by atoms with Gasteiger partial charge in [-0.25, -0.2) is 4.39 Å². The van der Waals surface area contributed by atoms with Crippen LogP contribution in [0, 0.1) is 17.7 Å². The third kappa shape index (κ3) is 3.29. The molecule has 1 amide bonds. The first-order valence-electron chi connectivity index (χ1n) is 10.2. The van der Waals surface area contributed by atoms with Crippen LogP contribution in [-0.4, -0.2) is 40.3 Å². The summed E-state index contributed by atoms with van der Waals surface area (Å²) in [7, 11) is 0. The summed E-state index contributed by atoms with van der Waals surface area (Å²) in [6, 6.07) is 17.1. The molecule has 0 N–H and O–H groups in total. The minimum absolute atomic E-state index is 0.0520. The molecule has 0 bridgehead atoms. The number of carbonyl (C=O) groups is 1. The molecule has 0 radical (unpaired) electrons. The fourth-order valence-corrected chi connectivity index (χ4v) is 5.24. The number of para-hydroxylation sites is 1. The molecule has 5 rings (SSSR count). The van der Waals surface area contributed by atoms with Crippen molar-refractivity contribution in [3.05, 3.63) is 77.7 Å². The number of hydrogen-bond acceptors (Lipinski definition) is 3. The van der Waals surface area contributed by atoms with Crippen molar-refractivity contribution in [1.82, 2.24) is 14.8 Å². The van der Waals surface area contributed by atoms with Crippen LogP contribution >= 0.6 is 0 Å². The van der Waals surface area contributed by atoms with Crippen molar-refractivity contribution < 1.29 is 9.18 Å². The van der Waals surface area contributed by atoms with Gasteiger partial charge in [-0.1, -0.05) is 36.4 Å². The Balaban J connectivity index is 1.41. The highest BCUT2D eigenvalue weighted by molar-refractivity contribution is 5.81. The van der Waals surface area contributed by atoms with E-state index in [4.69, 9.17) is 0 Å². The van der Waals surface area contributed by atoms with Crippen LogP contribution in [-0.2, 0) is 11.3 Å². The molecule has 0 spiro atoms. The van der Waals surface area contributed by atoms with Crippen molar-refractivity contribution in [1.29, 1.82) is 0 Å². The van der Waals surface area contributed by atoms with Gasteiger partial charge in [-0.3, -0.25) is 14.7 Å². The molecule has 2 fully saturated rings. The number of amides is 1. The lowest BCUT2D eigenvalue weighted by Crippen LogP contribution is -2.34. The van der Waals surface area contributed by atoms with Gasteiger partial charge in [0.2, 0.25) is 5.91 Å². The average molecular weight is 389 g/mol. The molecule has 5 heteroatoms. The minimum Gasteiger partial charge on any atom is -0.335 e. The van der Waals surface area contributed by atoms with E-state index in [1.54, 1.807) is 19.1 Å². The van der Waals surface area contributed by atoms with Gasteiger partial charge in [-0.2, -0.15) is 0 Å². The molecular weight excluding hydrogens is 365 g/mol. The number of likely N-dealkylation sites (tertiary alicyclic amines) is 2. The zero-order chi connectivity index (χ0) is 20.0. The number of benzene rings is 2. The summed E-state index contributed by atoms with van der Waals surface area (Å²) < 4.78 is 13.9.